The van der Waals surface area contributed by atoms with E-state index in [1.165, 1.54) is 70.6 Å². The minimum atomic E-state index is -4.59. The Morgan fingerprint density at radius 3 is 1.91 bits per heavy atom. The second kappa shape index (κ2) is 25.7. The number of ether oxygens (including phenoxy) is 1. The van der Waals surface area contributed by atoms with Gasteiger partial charge >= 0.3 is 7.82 Å². The molecule has 1 aliphatic rings. The van der Waals surface area contributed by atoms with Crippen LogP contribution in [-0.2, 0) is 23.1 Å². The van der Waals surface area contributed by atoms with Gasteiger partial charge in [0.05, 0.1) is 13.2 Å². The number of aliphatic hydroxyl groups excluding tert-OH is 4. The maximum absolute atomic E-state index is 12.3. The van der Waals surface area contributed by atoms with Crippen LogP contribution in [-0.4, -0.2) is 87.4 Å². The first-order valence-corrected chi connectivity index (χ1v) is 19.5. The minimum Gasteiger partial charge on any atom is -0.394 e. The molecule has 1 fully saturated rings. The third-order valence-corrected chi connectivity index (χ3v) is 9.90. The van der Waals surface area contributed by atoms with Crippen molar-refractivity contribution in [2.75, 3.05) is 25.5 Å². The van der Waals surface area contributed by atoms with Crippen molar-refractivity contribution in [1.29, 1.82) is 0 Å². The van der Waals surface area contributed by atoms with Crippen LogP contribution < -0.4 is 5.32 Å². The lowest BCUT2D eigenvalue weighted by Gasteiger charge is -2.39. The van der Waals surface area contributed by atoms with Gasteiger partial charge in [-0.3, -0.25) is 13.8 Å². The van der Waals surface area contributed by atoms with Crippen LogP contribution in [0.15, 0.2) is 0 Å². The number of unbranched alkanes of at least 4 members (excludes halogenated alkanes) is 10. The predicted octanol–water partition coefficient (Wildman–Crippen LogP) is 5.26. The van der Waals surface area contributed by atoms with E-state index in [4.69, 9.17) is 13.8 Å². The molecular weight excluding hydrogens is 621 g/mol. The number of aliphatic hydroxyl groups is 4. The second-order valence-corrected chi connectivity index (χ2v) is 14.7. The number of hydrogen-bond donors (Lipinski definition) is 7. The zero-order valence-electron chi connectivity index (χ0n) is 27.8. The van der Waals surface area contributed by atoms with Crippen molar-refractivity contribution in [3.8, 4) is 0 Å². The van der Waals surface area contributed by atoms with E-state index in [0.717, 1.165) is 44.4 Å². The summed E-state index contributed by atoms with van der Waals surface area (Å²) in [4.78, 5) is 21.5. The van der Waals surface area contributed by atoms with E-state index < -0.39 is 45.1 Å². The maximum atomic E-state index is 12.3. The van der Waals surface area contributed by atoms with E-state index in [2.05, 4.69) is 31.8 Å². The number of phosphoric ester groups is 1. The van der Waals surface area contributed by atoms with Gasteiger partial charge in [0.1, 0.15) is 24.4 Å². The van der Waals surface area contributed by atoms with Gasteiger partial charge in [-0.2, -0.15) is 12.6 Å². The smallest absolute Gasteiger partial charge is 0.394 e. The van der Waals surface area contributed by atoms with E-state index in [9.17, 15) is 34.7 Å². The Kier molecular flexibility index (Phi) is 24.4. The van der Waals surface area contributed by atoms with Gasteiger partial charge in [-0.15, -0.1) is 0 Å². The molecule has 1 rings (SSSR count). The van der Waals surface area contributed by atoms with Gasteiger partial charge in [-0.25, -0.2) is 4.57 Å². The van der Waals surface area contributed by atoms with Crippen molar-refractivity contribution < 1.29 is 48.5 Å². The molecule has 0 aromatic rings. The normalized spacial score (nSPS) is 24.7. The highest BCUT2D eigenvalue weighted by Crippen LogP contribution is 2.46. The predicted molar refractivity (Wildman–Crippen MR) is 179 cm³/mol. The number of rotatable bonds is 28. The maximum Gasteiger partial charge on any atom is 0.474 e. The van der Waals surface area contributed by atoms with Crippen LogP contribution in [0.3, 0.4) is 0 Å². The van der Waals surface area contributed by atoms with Crippen LogP contribution in [0.2, 0.25) is 0 Å². The van der Waals surface area contributed by atoms with E-state index >= 15 is 0 Å². The number of carbonyl (C=O) groups excluding carboxylic acids is 1. The molecule has 11 nitrogen and oxygen atoms in total. The SMILES string of the molecule is CC(CCCCCCCCCCCCCNC(=O)CCCS)CCCC(C)CCOP(=O)(O)O[C@@H]1O[C@H](CO)[C@@H](O)[C@H](O)[C@@H]1O. The molecule has 3 unspecified atom stereocenters. The van der Waals surface area contributed by atoms with Crippen LogP contribution in [0, 0.1) is 11.8 Å². The Balaban J connectivity index is 1.97. The summed E-state index contributed by atoms with van der Waals surface area (Å²) >= 11 is 4.13. The Hall–Kier alpha value is -0.270. The Bertz CT molecular complexity index is 795. The lowest BCUT2D eigenvalue weighted by molar-refractivity contribution is -0.281. The number of hydrogen-bond acceptors (Lipinski definition) is 10. The molecule has 45 heavy (non-hydrogen) atoms. The molecule has 1 saturated heterocycles. The summed E-state index contributed by atoms with van der Waals surface area (Å²) in [5.41, 5.74) is 0. The average Bonchev–Trinajstić information content (AvgIpc) is 3.00. The number of amides is 1. The summed E-state index contributed by atoms with van der Waals surface area (Å²) in [6.45, 7) is 4.50. The van der Waals surface area contributed by atoms with Crippen LogP contribution in [0.25, 0.3) is 0 Å². The molecule has 1 aliphatic heterocycles. The van der Waals surface area contributed by atoms with Gasteiger partial charge in [0.2, 0.25) is 5.91 Å². The fourth-order valence-electron chi connectivity index (χ4n) is 5.55. The molecule has 0 spiro atoms. The highest BCUT2D eigenvalue weighted by molar-refractivity contribution is 7.80. The fraction of sp³-hybridized carbons (Fsp3) is 0.969. The number of carbonyl (C=O) groups is 1. The molecule has 0 aromatic heterocycles. The second-order valence-electron chi connectivity index (χ2n) is 12.9. The molecule has 0 aliphatic carbocycles. The summed E-state index contributed by atoms with van der Waals surface area (Å²) in [7, 11) is -4.59. The van der Waals surface area contributed by atoms with Gasteiger partial charge in [0.15, 0.2) is 6.29 Å². The molecule has 0 radical (unpaired) electrons. The Morgan fingerprint density at radius 2 is 1.33 bits per heavy atom. The van der Waals surface area contributed by atoms with Crippen molar-refractivity contribution in [3.63, 3.8) is 0 Å². The van der Waals surface area contributed by atoms with Crippen LogP contribution in [0.4, 0.5) is 0 Å². The quantitative estimate of drug-likeness (QED) is 0.0327. The highest BCUT2D eigenvalue weighted by atomic mass is 32.1. The summed E-state index contributed by atoms with van der Waals surface area (Å²) in [6.07, 6.45) is 12.4. The zero-order valence-corrected chi connectivity index (χ0v) is 29.6. The van der Waals surface area contributed by atoms with E-state index in [0.29, 0.717) is 24.7 Å². The topological polar surface area (TPSA) is 175 Å². The molecule has 1 heterocycles. The van der Waals surface area contributed by atoms with Crippen LogP contribution in [0.1, 0.15) is 129 Å². The molecular formula is C32H64NO10PS. The summed E-state index contributed by atoms with van der Waals surface area (Å²) in [5, 5.41) is 41.8. The van der Waals surface area contributed by atoms with Crippen molar-refractivity contribution in [3.05, 3.63) is 0 Å². The van der Waals surface area contributed by atoms with Gasteiger partial charge < -0.3 is 35.4 Å². The van der Waals surface area contributed by atoms with Crippen LogP contribution in [0.5, 0.6) is 0 Å². The number of thiol groups is 1. The van der Waals surface area contributed by atoms with Crippen molar-refractivity contribution >= 4 is 26.4 Å². The van der Waals surface area contributed by atoms with Gasteiger partial charge in [0, 0.05) is 13.0 Å². The van der Waals surface area contributed by atoms with Gasteiger partial charge in [-0.05, 0) is 36.9 Å². The van der Waals surface area contributed by atoms with Gasteiger partial charge in [-0.1, -0.05) is 104 Å². The summed E-state index contributed by atoms with van der Waals surface area (Å²) < 4.78 is 27.3. The standard InChI is InChI=1S/C32H64NO10PS/c1-25(16-12-10-8-6-4-3-5-7-9-11-13-21-33-28(35)19-15-23-45)17-14-18-26(2)20-22-41-44(39,40)43-32-31(38)30(37)29(36)27(24-34)42-32/h25-27,29-32,34,36-38,45H,3-24H2,1-2H3,(H,33,35)(H,39,40)/t25?,26?,27-,29-,30+,31+,32+/m1/s1. The molecule has 268 valence electrons. The first-order valence-electron chi connectivity index (χ1n) is 17.3. The van der Waals surface area contributed by atoms with E-state index in [-0.39, 0.29) is 12.5 Å². The lowest BCUT2D eigenvalue weighted by Crippen LogP contribution is -2.58. The Labute approximate surface area is 277 Å². The van der Waals surface area contributed by atoms with Crippen molar-refractivity contribution in [2.24, 2.45) is 11.8 Å². The highest BCUT2D eigenvalue weighted by Gasteiger charge is 2.46. The first kappa shape index (κ1) is 42.8. The minimum absolute atomic E-state index is 0.0137. The third-order valence-electron chi connectivity index (χ3n) is 8.60. The van der Waals surface area contributed by atoms with E-state index in [1.807, 2.05) is 0 Å². The summed E-state index contributed by atoms with van der Waals surface area (Å²) in [5.74, 6) is 1.89. The number of nitrogens with one attached hydrogen (secondary N) is 1. The third kappa shape index (κ3) is 20.6. The summed E-state index contributed by atoms with van der Waals surface area (Å²) in [6, 6.07) is 0. The molecule has 6 N–H and O–H groups in total. The van der Waals surface area contributed by atoms with E-state index in [1.54, 1.807) is 0 Å². The zero-order chi connectivity index (χ0) is 33.5. The fourth-order valence-corrected chi connectivity index (χ4v) is 6.55. The van der Waals surface area contributed by atoms with Gasteiger partial charge in [0.25, 0.3) is 0 Å². The largest absolute Gasteiger partial charge is 0.474 e. The molecule has 0 saturated carbocycles. The number of phosphoric acid groups is 1. The molecule has 0 bridgehead atoms. The molecule has 8 atom stereocenters. The van der Waals surface area contributed by atoms with Crippen LogP contribution >= 0.6 is 20.5 Å². The Morgan fingerprint density at radius 1 is 0.800 bits per heavy atom. The molecule has 0 aromatic carbocycles. The van der Waals surface area contributed by atoms with Crippen molar-refractivity contribution in [2.45, 2.75) is 160 Å². The van der Waals surface area contributed by atoms with Crippen molar-refractivity contribution in [1.82, 2.24) is 5.32 Å². The lowest BCUT2D eigenvalue weighted by atomic mass is 9.93. The molecule has 1 amide bonds. The average molecular weight is 686 g/mol. The molecule has 13 heteroatoms. The first-order chi connectivity index (χ1) is 21.5. The monoisotopic (exact) mass is 685 g/mol.